The summed E-state index contributed by atoms with van der Waals surface area (Å²) in [6.07, 6.45) is 11.4. The number of hydrogen-bond acceptors (Lipinski definition) is 3. The molecule has 3 nitrogen and oxygen atoms in total. The van der Waals surface area contributed by atoms with E-state index >= 15 is 0 Å². The molecule has 2 aliphatic carbocycles. The second kappa shape index (κ2) is 7.61. The van der Waals surface area contributed by atoms with Crippen LogP contribution in [0.1, 0.15) is 64.7 Å². The molecule has 2 rings (SSSR count). The van der Waals surface area contributed by atoms with Crippen LogP contribution in [0.3, 0.4) is 0 Å². The number of aliphatic hydroxyl groups is 1. The van der Waals surface area contributed by atoms with Gasteiger partial charge in [-0.2, -0.15) is 0 Å². The Bertz CT molecular complexity index is 251. The fourth-order valence-corrected chi connectivity index (χ4v) is 2.83. The molecular formula is C16H31NO2. The first kappa shape index (κ1) is 15.3. The number of unbranched alkanes of at least 4 members (excludes halogenated alkanes) is 4. The molecule has 112 valence electrons. The van der Waals surface area contributed by atoms with Crippen LogP contribution in [0, 0.1) is 5.92 Å². The maximum absolute atomic E-state index is 9.79. The Morgan fingerprint density at radius 1 is 1.11 bits per heavy atom. The minimum absolute atomic E-state index is 0.134. The van der Waals surface area contributed by atoms with Gasteiger partial charge in [0.25, 0.3) is 0 Å². The summed E-state index contributed by atoms with van der Waals surface area (Å²) < 4.78 is 5.88. The summed E-state index contributed by atoms with van der Waals surface area (Å²) in [6, 6.07) is 0.640. The van der Waals surface area contributed by atoms with Crippen molar-refractivity contribution >= 4 is 0 Å². The molecule has 0 aliphatic heterocycles. The second-order valence-corrected chi connectivity index (χ2v) is 6.47. The number of rotatable bonds is 12. The molecular weight excluding hydrogens is 238 g/mol. The molecule has 0 spiro atoms. The van der Waals surface area contributed by atoms with E-state index < -0.39 is 0 Å². The summed E-state index contributed by atoms with van der Waals surface area (Å²) >= 11 is 0. The van der Waals surface area contributed by atoms with Gasteiger partial charge in [-0.05, 0) is 38.0 Å². The maximum Gasteiger partial charge on any atom is 0.0681 e. The van der Waals surface area contributed by atoms with E-state index in [1.807, 2.05) is 0 Å². The van der Waals surface area contributed by atoms with E-state index in [-0.39, 0.29) is 12.1 Å². The maximum atomic E-state index is 9.79. The molecule has 2 N–H and O–H groups in total. The highest BCUT2D eigenvalue weighted by atomic mass is 16.5. The van der Waals surface area contributed by atoms with Crippen molar-refractivity contribution in [3.8, 4) is 0 Å². The van der Waals surface area contributed by atoms with Gasteiger partial charge in [0.2, 0.25) is 0 Å². The average Bonchev–Trinajstić information content (AvgIpc) is 3.28. The van der Waals surface area contributed by atoms with Crippen molar-refractivity contribution in [2.24, 2.45) is 5.92 Å². The number of ether oxygens (including phenoxy) is 1. The third kappa shape index (κ3) is 5.05. The largest absolute Gasteiger partial charge is 0.394 e. The number of hydrogen-bond donors (Lipinski definition) is 2. The molecule has 19 heavy (non-hydrogen) atoms. The predicted molar refractivity (Wildman–Crippen MR) is 78.3 cm³/mol. The third-order valence-electron chi connectivity index (χ3n) is 4.46. The Hall–Kier alpha value is -0.120. The number of nitrogens with one attached hydrogen (secondary N) is 1. The van der Waals surface area contributed by atoms with Crippen molar-refractivity contribution in [2.45, 2.75) is 76.3 Å². The van der Waals surface area contributed by atoms with E-state index in [0.29, 0.717) is 18.6 Å². The van der Waals surface area contributed by atoms with Crippen molar-refractivity contribution in [2.75, 3.05) is 19.8 Å². The fourth-order valence-electron chi connectivity index (χ4n) is 2.83. The van der Waals surface area contributed by atoms with Gasteiger partial charge in [-0.3, -0.25) is 0 Å². The van der Waals surface area contributed by atoms with Crippen LogP contribution in [0.5, 0.6) is 0 Å². The fraction of sp³-hybridized carbons (Fsp3) is 1.00. The van der Waals surface area contributed by atoms with Crippen LogP contribution in [-0.4, -0.2) is 36.5 Å². The van der Waals surface area contributed by atoms with E-state index in [1.54, 1.807) is 0 Å². The summed E-state index contributed by atoms with van der Waals surface area (Å²) in [7, 11) is 0. The zero-order valence-electron chi connectivity index (χ0n) is 12.5. The van der Waals surface area contributed by atoms with Gasteiger partial charge in [0.1, 0.15) is 0 Å². The van der Waals surface area contributed by atoms with Gasteiger partial charge in [-0.1, -0.05) is 32.6 Å². The Balaban J connectivity index is 1.62. The normalized spacial score (nSPS) is 22.4. The van der Waals surface area contributed by atoms with Crippen LogP contribution < -0.4 is 5.32 Å². The molecule has 3 heteroatoms. The standard InChI is InChI=1S/C16H31NO2/c1-2-3-4-5-6-11-19-13-16(12-18,14-7-8-14)17-15-9-10-15/h14-15,17-18H,2-13H2,1H3. The lowest BCUT2D eigenvalue weighted by atomic mass is 9.95. The molecule has 0 aromatic heterocycles. The van der Waals surface area contributed by atoms with Gasteiger partial charge < -0.3 is 15.2 Å². The van der Waals surface area contributed by atoms with Gasteiger partial charge in [-0.15, -0.1) is 0 Å². The topological polar surface area (TPSA) is 41.5 Å². The first-order valence-corrected chi connectivity index (χ1v) is 8.27. The lowest BCUT2D eigenvalue weighted by Crippen LogP contribution is -2.55. The molecule has 2 fully saturated rings. The summed E-state index contributed by atoms with van der Waals surface area (Å²) in [6.45, 7) is 4.01. The minimum atomic E-state index is -0.134. The number of aliphatic hydroxyl groups excluding tert-OH is 1. The summed E-state index contributed by atoms with van der Waals surface area (Å²) in [5.41, 5.74) is -0.134. The van der Waals surface area contributed by atoms with Crippen molar-refractivity contribution in [3.05, 3.63) is 0 Å². The van der Waals surface area contributed by atoms with Crippen molar-refractivity contribution in [3.63, 3.8) is 0 Å². The van der Waals surface area contributed by atoms with Gasteiger partial charge in [0, 0.05) is 12.6 Å². The van der Waals surface area contributed by atoms with E-state index in [4.69, 9.17) is 4.74 Å². The van der Waals surface area contributed by atoms with Gasteiger partial charge in [0.15, 0.2) is 0 Å². The first-order chi connectivity index (χ1) is 9.30. The second-order valence-electron chi connectivity index (χ2n) is 6.47. The smallest absolute Gasteiger partial charge is 0.0681 e. The molecule has 0 heterocycles. The highest BCUT2D eigenvalue weighted by Crippen LogP contribution is 2.41. The molecule has 0 radical (unpaired) electrons. The minimum Gasteiger partial charge on any atom is -0.394 e. The molecule has 1 unspecified atom stereocenters. The monoisotopic (exact) mass is 269 g/mol. The zero-order valence-corrected chi connectivity index (χ0v) is 12.5. The first-order valence-electron chi connectivity index (χ1n) is 8.27. The summed E-state index contributed by atoms with van der Waals surface area (Å²) in [5, 5.41) is 13.4. The lowest BCUT2D eigenvalue weighted by molar-refractivity contribution is 0.0211. The molecule has 2 aliphatic rings. The summed E-state index contributed by atoms with van der Waals surface area (Å²) in [5.74, 6) is 0.637. The predicted octanol–water partition coefficient (Wildman–Crippen LogP) is 2.87. The van der Waals surface area contributed by atoms with Crippen LogP contribution in [0.4, 0.5) is 0 Å². The highest BCUT2D eigenvalue weighted by Gasteiger charge is 2.47. The molecule has 2 saturated carbocycles. The van der Waals surface area contributed by atoms with Crippen LogP contribution >= 0.6 is 0 Å². The molecule has 0 aromatic rings. The van der Waals surface area contributed by atoms with E-state index in [1.165, 1.54) is 51.4 Å². The molecule has 0 bridgehead atoms. The lowest BCUT2D eigenvalue weighted by Gasteiger charge is -2.33. The van der Waals surface area contributed by atoms with Crippen LogP contribution in [-0.2, 0) is 4.74 Å². The van der Waals surface area contributed by atoms with E-state index in [2.05, 4.69) is 12.2 Å². The van der Waals surface area contributed by atoms with Crippen molar-refractivity contribution < 1.29 is 9.84 Å². The van der Waals surface area contributed by atoms with Crippen molar-refractivity contribution in [1.29, 1.82) is 0 Å². The Morgan fingerprint density at radius 2 is 1.84 bits per heavy atom. The third-order valence-corrected chi connectivity index (χ3v) is 4.46. The Morgan fingerprint density at radius 3 is 2.42 bits per heavy atom. The van der Waals surface area contributed by atoms with Crippen LogP contribution in [0.15, 0.2) is 0 Å². The van der Waals surface area contributed by atoms with Gasteiger partial charge in [0.05, 0.1) is 18.8 Å². The molecule has 1 atom stereocenters. The molecule has 0 saturated heterocycles. The summed E-state index contributed by atoms with van der Waals surface area (Å²) in [4.78, 5) is 0. The van der Waals surface area contributed by atoms with Gasteiger partial charge in [-0.25, -0.2) is 0 Å². The molecule has 0 aromatic carbocycles. The van der Waals surface area contributed by atoms with Crippen LogP contribution in [0.2, 0.25) is 0 Å². The van der Waals surface area contributed by atoms with E-state index in [9.17, 15) is 5.11 Å². The molecule has 0 amide bonds. The van der Waals surface area contributed by atoms with E-state index in [0.717, 1.165) is 13.0 Å². The highest BCUT2D eigenvalue weighted by molar-refractivity contribution is 5.04. The van der Waals surface area contributed by atoms with Gasteiger partial charge >= 0.3 is 0 Å². The Labute approximate surface area is 118 Å². The van der Waals surface area contributed by atoms with Crippen LogP contribution in [0.25, 0.3) is 0 Å². The quantitative estimate of drug-likeness (QED) is 0.535. The van der Waals surface area contributed by atoms with Crippen molar-refractivity contribution in [1.82, 2.24) is 5.32 Å². The Kier molecular flexibility index (Phi) is 6.11. The SMILES string of the molecule is CCCCCCCOCC(CO)(NC1CC1)C1CC1. The average molecular weight is 269 g/mol. The zero-order chi connectivity index (χ0) is 13.6.